The molecule has 0 aromatic rings. The molecule has 0 aliphatic heterocycles. The third-order valence-corrected chi connectivity index (χ3v) is 2.67. The first kappa shape index (κ1) is 10.0. The van der Waals surface area contributed by atoms with Gasteiger partial charge in [-0.05, 0) is 18.8 Å². The molecular formula is C9H14O4. The number of hydrogen-bond donors (Lipinski definition) is 1. The average molecular weight is 186 g/mol. The van der Waals surface area contributed by atoms with Crippen molar-refractivity contribution in [2.75, 3.05) is 7.11 Å². The van der Waals surface area contributed by atoms with Gasteiger partial charge in [0.2, 0.25) is 0 Å². The van der Waals surface area contributed by atoms with Crippen LogP contribution in [0.5, 0.6) is 0 Å². The SMILES string of the molecule is CCCC1C[C@]1(C(=O)O)C(=O)OC. The monoisotopic (exact) mass is 186 g/mol. The lowest BCUT2D eigenvalue weighted by Gasteiger charge is -2.08. The zero-order chi connectivity index (χ0) is 10.1. The third-order valence-electron chi connectivity index (χ3n) is 2.67. The maximum absolute atomic E-state index is 11.2. The Morgan fingerprint density at radius 1 is 1.62 bits per heavy atom. The van der Waals surface area contributed by atoms with Gasteiger partial charge in [-0.2, -0.15) is 0 Å². The minimum Gasteiger partial charge on any atom is -0.480 e. The first-order valence-electron chi connectivity index (χ1n) is 4.41. The number of carboxylic acids is 1. The van der Waals surface area contributed by atoms with Crippen molar-refractivity contribution in [1.82, 2.24) is 0 Å². The second-order valence-electron chi connectivity index (χ2n) is 3.46. The van der Waals surface area contributed by atoms with Crippen LogP contribution in [0.15, 0.2) is 0 Å². The van der Waals surface area contributed by atoms with Crippen molar-refractivity contribution < 1.29 is 19.4 Å². The number of esters is 1. The van der Waals surface area contributed by atoms with Gasteiger partial charge >= 0.3 is 11.9 Å². The summed E-state index contributed by atoms with van der Waals surface area (Å²) < 4.78 is 4.50. The molecule has 1 rings (SSSR count). The fourth-order valence-corrected chi connectivity index (χ4v) is 1.81. The predicted octanol–water partition coefficient (Wildman–Crippen LogP) is 1.05. The van der Waals surface area contributed by atoms with Crippen molar-refractivity contribution in [3.63, 3.8) is 0 Å². The standard InChI is InChI=1S/C9H14O4/c1-3-4-6-5-9(6,7(10)11)8(12)13-2/h6H,3-5H2,1-2H3,(H,10,11)/t6?,9-/m0/s1. The number of aliphatic carboxylic acids is 1. The molecule has 0 radical (unpaired) electrons. The minimum absolute atomic E-state index is 0.0255. The van der Waals surface area contributed by atoms with Gasteiger partial charge in [0.15, 0.2) is 5.41 Å². The van der Waals surface area contributed by atoms with Crippen molar-refractivity contribution >= 4 is 11.9 Å². The van der Waals surface area contributed by atoms with Gasteiger partial charge in [-0.3, -0.25) is 9.59 Å². The number of carbonyl (C=O) groups excluding carboxylic acids is 1. The molecule has 0 saturated heterocycles. The van der Waals surface area contributed by atoms with E-state index < -0.39 is 17.4 Å². The Kier molecular flexibility index (Phi) is 2.59. The summed E-state index contributed by atoms with van der Waals surface area (Å²) in [5, 5.41) is 8.90. The Balaban J connectivity index is 2.71. The number of ether oxygens (including phenoxy) is 1. The maximum atomic E-state index is 11.2. The predicted molar refractivity (Wildman–Crippen MR) is 45.1 cm³/mol. The number of carboxylic acid groups (broad SMARTS) is 1. The summed E-state index contributed by atoms with van der Waals surface area (Å²) in [6.45, 7) is 1.97. The molecule has 74 valence electrons. The van der Waals surface area contributed by atoms with Crippen LogP contribution in [0.2, 0.25) is 0 Å². The number of rotatable bonds is 4. The highest BCUT2D eigenvalue weighted by atomic mass is 16.5. The molecule has 1 aliphatic carbocycles. The van der Waals surface area contributed by atoms with E-state index in [-0.39, 0.29) is 5.92 Å². The fraction of sp³-hybridized carbons (Fsp3) is 0.778. The van der Waals surface area contributed by atoms with Crippen LogP contribution in [0.1, 0.15) is 26.2 Å². The Morgan fingerprint density at radius 2 is 2.23 bits per heavy atom. The molecule has 2 atom stereocenters. The Morgan fingerprint density at radius 3 is 2.62 bits per heavy atom. The second-order valence-corrected chi connectivity index (χ2v) is 3.46. The van der Waals surface area contributed by atoms with E-state index in [1.54, 1.807) is 0 Å². The maximum Gasteiger partial charge on any atom is 0.323 e. The van der Waals surface area contributed by atoms with Crippen LogP contribution in [0.3, 0.4) is 0 Å². The van der Waals surface area contributed by atoms with Gasteiger partial charge in [-0.25, -0.2) is 0 Å². The van der Waals surface area contributed by atoms with Gasteiger partial charge in [-0.1, -0.05) is 13.3 Å². The topological polar surface area (TPSA) is 63.6 Å². The first-order chi connectivity index (χ1) is 6.09. The van der Waals surface area contributed by atoms with E-state index in [0.717, 1.165) is 12.8 Å². The number of methoxy groups -OCH3 is 1. The van der Waals surface area contributed by atoms with Gasteiger partial charge in [0.1, 0.15) is 0 Å². The molecule has 0 heterocycles. The third kappa shape index (κ3) is 1.41. The molecular weight excluding hydrogens is 172 g/mol. The molecule has 1 unspecified atom stereocenters. The molecule has 0 bridgehead atoms. The molecule has 1 fully saturated rings. The summed E-state index contributed by atoms with van der Waals surface area (Å²) >= 11 is 0. The van der Waals surface area contributed by atoms with E-state index >= 15 is 0 Å². The van der Waals surface area contributed by atoms with E-state index in [4.69, 9.17) is 5.11 Å². The van der Waals surface area contributed by atoms with E-state index in [1.165, 1.54) is 7.11 Å². The van der Waals surface area contributed by atoms with Crippen LogP contribution in [0.4, 0.5) is 0 Å². The minimum atomic E-state index is -1.22. The molecule has 0 aromatic carbocycles. The van der Waals surface area contributed by atoms with Gasteiger partial charge in [0.25, 0.3) is 0 Å². The Labute approximate surface area is 76.9 Å². The second kappa shape index (κ2) is 3.36. The first-order valence-corrected chi connectivity index (χ1v) is 4.41. The average Bonchev–Trinajstić information content (AvgIpc) is 2.80. The van der Waals surface area contributed by atoms with Gasteiger partial charge < -0.3 is 9.84 Å². The van der Waals surface area contributed by atoms with E-state index in [1.807, 2.05) is 6.92 Å². The lowest BCUT2D eigenvalue weighted by atomic mass is 10.0. The summed E-state index contributed by atoms with van der Waals surface area (Å²) in [5.41, 5.74) is -1.22. The summed E-state index contributed by atoms with van der Waals surface area (Å²) in [7, 11) is 1.23. The highest BCUT2D eigenvalue weighted by Gasteiger charge is 2.66. The van der Waals surface area contributed by atoms with Gasteiger partial charge in [0.05, 0.1) is 7.11 Å². The highest BCUT2D eigenvalue weighted by molar-refractivity contribution is 6.02. The summed E-state index contributed by atoms with van der Waals surface area (Å²) in [6.07, 6.45) is 2.11. The quantitative estimate of drug-likeness (QED) is 0.526. The van der Waals surface area contributed by atoms with Crippen molar-refractivity contribution in [3.8, 4) is 0 Å². The van der Waals surface area contributed by atoms with Crippen molar-refractivity contribution in [3.05, 3.63) is 0 Å². The molecule has 1 aliphatic rings. The number of hydrogen-bond acceptors (Lipinski definition) is 3. The van der Waals surface area contributed by atoms with Crippen LogP contribution in [-0.2, 0) is 14.3 Å². The summed E-state index contributed by atoms with van der Waals surface area (Å²) in [6, 6.07) is 0. The summed E-state index contributed by atoms with van der Waals surface area (Å²) in [4.78, 5) is 22.1. The van der Waals surface area contributed by atoms with Crippen molar-refractivity contribution in [1.29, 1.82) is 0 Å². The number of carbonyl (C=O) groups is 2. The van der Waals surface area contributed by atoms with Crippen LogP contribution >= 0.6 is 0 Å². The normalized spacial score (nSPS) is 31.1. The van der Waals surface area contributed by atoms with Crippen molar-refractivity contribution in [2.24, 2.45) is 11.3 Å². The van der Waals surface area contributed by atoms with E-state index in [2.05, 4.69) is 4.74 Å². The van der Waals surface area contributed by atoms with E-state index in [0.29, 0.717) is 6.42 Å². The molecule has 13 heavy (non-hydrogen) atoms. The molecule has 4 nitrogen and oxygen atoms in total. The zero-order valence-electron chi connectivity index (χ0n) is 7.87. The fourth-order valence-electron chi connectivity index (χ4n) is 1.81. The Bertz CT molecular complexity index is 236. The smallest absolute Gasteiger partial charge is 0.323 e. The molecule has 1 N–H and O–H groups in total. The summed E-state index contributed by atoms with van der Waals surface area (Å²) in [5.74, 6) is -1.67. The van der Waals surface area contributed by atoms with Crippen molar-refractivity contribution in [2.45, 2.75) is 26.2 Å². The van der Waals surface area contributed by atoms with Crippen LogP contribution in [0, 0.1) is 11.3 Å². The molecule has 0 amide bonds. The van der Waals surface area contributed by atoms with Gasteiger partial charge in [0, 0.05) is 0 Å². The molecule has 0 spiro atoms. The van der Waals surface area contributed by atoms with E-state index in [9.17, 15) is 9.59 Å². The van der Waals surface area contributed by atoms with Crippen LogP contribution in [-0.4, -0.2) is 24.2 Å². The van der Waals surface area contributed by atoms with Crippen LogP contribution in [0.25, 0.3) is 0 Å². The molecule has 4 heteroatoms. The Hall–Kier alpha value is -1.06. The molecule has 1 saturated carbocycles. The lowest BCUT2D eigenvalue weighted by molar-refractivity contribution is -0.160. The largest absolute Gasteiger partial charge is 0.480 e. The van der Waals surface area contributed by atoms with Crippen LogP contribution < -0.4 is 0 Å². The lowest BCUT2D eigenvalue weighted by Crippen LogP contribution is -2.29. The highest BCUT2D eigenvalue weighted by Crippen LogP contribution is 2.56. The zero-order valence-corrected chi connectivity index (χ0v) is 7.87. The molecule has 0 aromatic heterocycles. The van der Waals surface area contributed by atoms with Gasteiger partial charge in [-0.15, -0.1) is 0 Å².